The lowest BCUT2D eigenvalue weighted by Gasteiger charge is -2.33. The average Bonchev–Trinajstić information content (AvgIpc) is 2.78. The molecule has 1 unspecified atom stereocenters. The molecule has 1 rings (SSSR count). The van der Waals surface area contributed by atoms with E-state index in [1.54, 1.807) is 13.3 Å². The summed E-state index contributed by atoms with van der Waals surface area (Å²) >= 11 is 0. The maximum Gasteiger partial charge on any atom is 0.0912 e. The van der Waals surface area contributed by atoms with Crippen molar-refractivity contribution in [2.24, 2.45) is 5.84 Å². The molecule has 0 aliphatic heterocycles. The van der Waals surface area contributed by atoms with Crippen LogP contribution in [0.15, 0.2) is 12.3 Å². The smallest absolute Gasteiger partial charge is 0.0912 e. The number of hydrogen-bond acceptors (Lipinski definition) is 5. The molecule has 1 atom stereocenters. The largest absolute Gasteiger partial charge is 0.385 e. The molecule has 1 aromatic heterocycles. The third-order valence-electron chi connectivity index (χ3n) is 3.14. The zero-order valence-electron chi connectivity index (χ0n) is 12.3. The van der Waals surface area contributed by atoms with Crippen LogP contribution in [0, 0.1) is 0 Å². The highest BCUT2D eigenvalue weighted by Crippen LogP contribution is 2.28. The highest BCUT2D eigenvalue weighted by Gasteiger charge is 2.32. The fourth-order valence-corrected chi connectivity index (χ4v) is 2.23. The van der Waals surface area contributed by atoms with Gasteiger partial charge in [-0.15, -0.1) is 0 Å². The average molecular weight is 270 g/mol. The van der Waals surface area contributed by atoms with Gasteiger partial charge in [0.1, 0.15) is 0 Å². The molecule has 6 nitrogen and oxygen atoms in total. The van der Waals surface area contributed by atoms with Crippen molar-refractivity contribution in [1.82, 2.24) is 15.2 Å². The van der Waals surface area contributed by atoms with E-state index < -0.39 is 5.60 Å². The molecule has 19 heavy (non-hydrogen) atoms. The first-order valence-corrected chi connectivity index (χ1v) is 6.67. The van der Waals surface area contributed by atoms with Crippen molar-refractivity contribution < 1.29 is 9.47 Å². The zero-order chi connectivity index (χ0) is 14.3. The lowest BCUT2D eigenvalue weighted by atomic mass is 9.96. The van der Waals surface area contributed by atoms with Crippen LogP contribution in [0.5, 0.6) is 0 Å². The molecule has 0 saturated carbocycles. The molecule has 1 heterocycles. The third kappa shape index (κ3) is 4.28. The fourth-order valence-electron chi connectivity index (χ4n) is 2.23. The normalized spacial score (nSPS) is 13.7. The van der Waals surface area contributed by atoms with Gasteiger partial charge in [0, 0.05) is 33.1 Å². The summed E-state index contributed by atoms with van der Waals surface area (Å²) in [7, 11) is 1.70. The zero-order valence-corrected chi connectivity index (χ0v) is 12.3. The number of ether oxygens (including phenoxy) is 2. The first-order chi connectivity index (χ1) is 9.06. The Kier molecular flexibility index (Phi) is 6.44. The van der Waals surface area contributed by atoms with Crippen LogP contribution in [0.4, 0.5) is 0 Å². The van der Waals surface area contributed by atoms with E-state index in [9.17, 15) is 0 Å². The molecule has 0 aliphatic carbocycles. The predicted molar refractivity (Wildman–Crippen MR) is 74.5 cm³/mol. The Hall–Kier alpha value is -0.950. The molecule has 0 bridgehead atoms. The van der Waals surface area contributed by atoms with Gasteiger partial charge in [-0.1, -0.05) is 0 Å². The standard InChI is InChI=1S/C13H26N4O2/c1-5-19-13(2,3)12(16-14)11-7-8-15-17(11)9-6-10-18-4/h7-8,12,16H,5-6,9-10,14H2,1-4H3. The van der Waals surface area contributed by atoms with E-state index in [-0.39, 0.29) is 6.04 Å². The Balaban J connectivity index is 2.84. The van der Waals surface area contributed by atoms with Crippen molar-refractivity contribution in [2.45, 2.75) is 45.4 Å². The Bertz CT molecular complexity index is 365. The second-order valence-corrected chi connectivity index (χ2v) is 4.96. The van der Waals surface area contributed by atoms with Crippen LogP contribution in [-0.4, -0.2) is 35.7 Å². The lowest BCUT2D eigenvalue weighted by molar-refractivity contribution is -0.0413. The summed E-state index contributed by atoms with van der Waals surface area (Å²) in [5, 5.41) is 4.34. The van der Waals surface area contributed by atoms with Crippen molar-refractivity contribution >= 4 is 0 Å². The minimum Gasteiger partial charge on any atom is -0.385 e. The molecule has 110 valence electrons. The Labute approximate surface area is 115 Å². The molecule has 0 amide bonds. The van der Waals surface area contributed by atoms with Crippen LogP contribution < -0.4 is 11.3 Å². The quantitative estimate of drug-likeness (QED) is 0.401. The van der Waals surface area contributed by atoms with E-state index in [1.807, 2.05) is 31.5 Å². The molecule has 0 fully saturated rings. The highest BCUT2D eigenvalue weighted by molar-refractivity contribution is 5.11. The molecule has 0 spiro atoms. The van der Waals surface area contributed by atoms with E-state index in [0.29, 0.717) is 6.61 Å². The van der Waals surface area contributed by atoms with Gasteiger partial charge >= 0.3 is 0 Å². The van der Waals surface area contributed by atoms with E-state index in [0.717, 1.165) is 25.3 Å². The van der Waals surface area contributed by atoms with E-state index in [4.69, 9.17) is 15.3 Å². The molecule has 1 aromatic rings. The number of nitrogens with zero attached hydrogens (tertiary/aromatic N) is 2. The summed E-state index contributed by atoms with van der Waals surface area (Å²) in [4.78, 5) is 0. The van der Waals surface area contributed by atoms with E-state index in [2.05, 4.69) is 10.5 Å². The summed E-state index contributed by atoms with van der Waals surface area (Å²) < 4.78 is 12.8. The Morgan fingerprint density at radius 2 is 2.26 bits per heavy atom. The van der Waals surface area contributed by atoms with Gasteiger partial charge in [-0.05, 0) is 33.3 Å². The van der Waals surface area contributed by atoms with Gasteiger partial charge in [-0.2, -0.15) is 5.10 Å². The molecule has 3 N–H and O–H groups in total. The van der Waals surface area contributed by atoms with Crippen LogP contribution >= 0.6 is 0 Å². The number of rotatable bonds is 9. The molecular formula is C13H26N4O2. The van der Waals surface area contributed by atoms with E-state index >= 15 is 0 Å². The maximum atomic E-state index is 5.78. The molecule has 0 aromatic carbocycles. The van der Waals surface area contributed by atoms with Gasteiger partial charge in [0.2, 0.25) is 0 Å². The second-order valence-electron chi connectivity index (χ2n) is 4.96. The molecule has 0 saturated heterocycles. The second kappa shape index (κ2) is 7.59. The molecular weight excluding hydrogens is 244 g/mol. The Morgan fingerprint density at radius 3 is 2.84 bits per heavy atom. The summed E-state index contributed by atoms with van der Waals surface area (Å²) in [6.45, 7) is 8.18. The first kappa shape index (κ1) is 16.1. The van der Waals surface area contributed by atoms with Crippen molar-refractivity contribution in [3.8, 4) is 0 Å². The highest BCUT2D eigenvalue weighted by atomic mass is 16.5. The minimum atomic E-state index is -0.400. The number of aromatic nitrogens is 2. The SMILES string of the molecule is CCOC(C)(C)C(NN)c1ccnn1CCCOC. The summed E-state index contributed by atoms with van der Waals surface area (Å²) in [6, 6.07) is 1.86. The van der Waals surface area contributed by atoms with E-state index in [1.165, 1.54) is 0 Å². The molecule has 6 heteroatoms. The van der Waals surface area contributed by atoms with Crippen LogP contribution in [0.25, 0.3) is 0 Å². The van der Waals surface area contributed by atoms with Crippen LogP contribution in [0.2, 0.25) is 0 Å². The predicted octanol–water partition coefficient (Wildman–Crippen LogP) is 1.24. The fraction of sp³-hybridized carbons (Fsp3) is 0.769. The van der Waals surface area contributed by atoms with Crippen LogP contribution in [-0.2, 0) is 16.0 Å². The van der Waals surface area contributed by atoms with Gasteiger partial charge in [-0.25, -0.2) is 5.43 Å². The summed E-state index contributed by atoms with van der Waals surface area (Å²) in [5.41, 5.74) is 3.47. The van der Waals surface area contributed by atoms with Gasteiger partial charge < -0.3 is 9.47 Å². The third-order valence-corrected chi connectivity index (χ3v) is 3.14. The van der Waals surface area contributed by atoms with Crippen molar-refractivity contribution in [2.75, 3.05) is 20.3 Å². The maximum absolute atomic E-state index is 5.78. The van der Waals surface area contributed by atoms with Gasteiger partial charge in [0.05, 0.1) is 17.3 Å². The molecule has 0 aliphatic rings. The summed E-state index contributed by atoms with van der Waals surface area (Å²) in [5.74, 6) is 5.71. The lowest BCUT2D eigenvalue weighted by Crippen LogP contribution is -2.45. The van der Waals surface area contributed by atoms with Gasteiger partial charge in [-0.3, -0.25) is 10.5 Å². The van der Waals surface area contributed by atoms with Crippen molar-refractivity contribution in [1.29, 1.82) is 0 Å². The van der Waals surface area contributed by atoms with Crippen molar-refractivity contribution in [3.63, 3.8) is 0 Å². The van der Waals surface area contributed by atoms with Crippen LogP contribution in [0.3, 0.4) is 0 Å². The monoisotopic (exact) mass is 270 g/mol. The van der Waals surface area contributed by atoms with Crippen molar-refractivity contribution in [3.05, 3.63) is 18.0 Å². The number of aryl methyl sites for hydroxylation is 1. The first-order valence-electron chi connectivity index (χ1n) is 6.67. The van der Waals surface area contributed by atoms with Gasteiger partial charge in [0.25, 0.3) is 0 Å². The number of hydrogen-bond donors (Lipinski definition) is 2. The van der Waals surface area contributed by atoms with Gasteiger partial charge in [0.15, 0.2) is 0 Å². The number of nitrogens with two attached hydrogens (primary N) is 1. The Morgan fingerprint density at radius 1 is 1.53 bits per heavy atom. The number of hydrazine groups is 1. The summed E-state index contributed by atoms with van der Waals surface area (Å²) in [6.07, 6.45) is 2.70. The molecule has 0 radical (unpaired) electrons. The number of nitrogens with one attached hydrogen (secondary N) is 1. The topological polar surface area (TPSA) is 74.3 Å². The number of methoxy groups -OCH3 is 1. The van der Waals surface area contributed by atoms with Crippen LogP contribution in [0.1, 0.15) is 38.9 Å². The minimum absolute atomic E-state index is 0.113.